The summed E-state index contributed by atoms with van der Waals surface area (Å²) in [4.78, 5) is 89.5. The van der Waals surface area contributed by atoms with Crippen LogP contribution in [-0.2, 0) is 65.7 Å². The van der Waals surface area contributed by atoms with E-state index >= 15 is 0 Å². The molecule has 2 aromatic rings. The summed E-state index contributed by atoms with van der Waals surface area (Å²) >= 11 is 16.8. The van der Waals surface area contributed by atoms with Gasteiger partial charge in [-0.05, 0) is 49.9 Å². The second kappa shape index (κ2) is 22.0. The maximum Gasteiger partial charge on any atom is 0.409 e. The molecule has 1 N–H and O–H groups in total. The van der Waals surface area contributed by atoms with Gasteiger partial charge in [0.2, 0.25) is 3.79 Å². The van der Waals surface area contributed by atoms with Crippen molar-refractivity contribution in [1.29, 1.82) is 0 Å². The van der Waals surface area contributed by atoms with Gasteiger partial charge in [0.1, 0.15) is 19.8 Å². The lowest BCUT2D eigenvalue weighted by Crippen LogP contribution is -2.52. The highest BCUT2D eigenvalue weighted by Crippen LogP contribution is 2.36. The molecule has 4 rings (SSSR count). The number of rotatable bonds is 13. The van der Waals surface area contributed by atoms with Crippen molar-refractivity contribution in [3.8, 4) is 0 Å². The number of esters is 4. The number of Topliss-reactive ketones (excluding diaryl/α,β-unsaturated/α-hetero) is 2. The van der Waals surface area contributed by atoms with Crippen LogP contribution in [0.4, 0.5) is 4.79 Å². The number of carbonyl (C=O) groups is 7. The van der Waals surface area contributed by atoms with Crippen LogP contribution in [0.1, 0.15) is 78.4 Å². The molecule has 2 aliphatic rings. The Morgan fingerprint density at radius 1 is 0.567 bits per heavy atom. The number of piperidine rings is 2. The fourth-order valence-electron chi connectivity index (χ4n) is 5.84. The summed E-state index contributed by atoms with van der Waals surface area (Å²) in [6.07, 6.45) is -0.307. The standard InChI is InChI=1S/C23H28Cl3NO7.C20H27NO5/c1-21(2,3)17(28)14-33-19(30)22(18(29)32-13-16-7-5-4-6-8-16)9-11-27(12-10-22)20(31)34-15-23(24,25)26;1-19(2,3)16(22)14-26-18(24)20(9-11-21-12-10-20)17(23)25-13-15-7-5-4-6-8-15/h4-8H,9-15H2,1-3H3;4-8,21H,9-14H2,1-3H3. The summed E-state index contributed by atoms with van der Waals surface area (Å²) in [6.45, 7) is 10.2. The number of likely N-dealkylation sites (tertiary alicyclic amines) is 1. The number of nitrogens with zero attached hydrogens (tertiary/aromatic N) is 1. The molecule has 0 saturated carbocycles. The van der Waals surface area contributed by atoms with Gasteiger partial charge < -0.3 is 33.9 Å². The van der Waals surface area contributed by atoms with Gasteiger partial charge in [-0.2, -0.15) is 0 Å². The Hall–Kier alpha value is -4.24. The second-order valence-electron chi connectivity index (χ2n) is 16.7. The number of hydrogen-bond acceptors (Lipinski definition) is 13. The molecule has 14 nitrogen and oxygen atoms in total. The first-order valence-electron chi connectivity index (χ1n) is 19.5. The largest absolute Gasteiger partial charge is 0.460 e. The first-order valence-corrected chi connectivity index (χ1v) is 20.7. The van der Waals surface area contributed by atoms with Gasteiger partial charge >= 0.3 is 30.0 Å². The molecular formula is C43H55Cl3N2O12. The second-order valence-corrected chi connectivity index (χ2v) is 19.2. The van der Waals surface area contributed by atoms with E-state index in [0.29, 0.717) is 25.9 Å². The van der Waals surface area contributed by atoms with Gasteiger partial charge in [0.05, 0.1) is 0 Å². The van der Waals surface area contributed by atoms with Gasteiger partial charge in [-0.1, -0.05) is 137 Å². The van der Waals surface area contributed by atoms with Crippen LogP contribution in [0.25, 0.3) is 0 Å². The Morgan fingerprint density at radius 2 is 0.933 bits per heavy atom. The third-order valence-electron chi connectivity index (χ3n) is 10.0. The molecule has 2 aromatic carbocycles. The van der Waals surface area contributed by atoms with Crippen molar-refractivity contribution in [3.05, 3.63) is 71.8 Å². The molecule has 0 atom stereocenters. The number of ketones is 2. The van der Waals surface area contributed by atoms with Crippen molar-refractivity contribution in [2.75, 3.05) is 46.0 Å². The lowest BCUT2D eigenvalue weighted by molar-refractivity contribution is -0.179. The summed E-state index contributed by atoms with van der Waals surface area (Å²) in [7, 11) is 0. The molecule has 2 saturated heterocycles. The predicted molar refractivity (Wildman–Crippen MR) is 223 cm³/mol. The first-order chi connectivity index (χ1) is 28.0. The Kier molecular flexibility index (Phi) is 18.4. The predicted octanol–water partition coefficient (Wildman–Crippen LogP) is 6.74. The van der Waals surface area contributed by atoms with E-state index in [1.54, 1.807) is 65.8 Å². The molecule has 0 unspecified atom stereocenters. The summed E-state index contributed by atoms with van der Waals surface area (Å²) in [5, 5.41) is 3.13. The van der Waals surface area contributed by atoms with Gasteiger partial charge in [0, 0.05) is 23.9 Å². The molecule has 2 aliphatic heterocycles. The van der Waals surface area contributed by atoms with Crippen LogP contribution < -0.4 is 5.32 Å². The van der Waals surface area contributed by atoms with Crippen LogP contribution in [0.5, 0.6) is 0 Å². The zero-order chi connectivity index (χ0) is 44.8. The van der Waals surface area contributed by atoms with Crippen LogP contribution in [0.2, 0.25) is 0 Å². The lowest BCUT2D eigenvalue weighted by Gasteiger charge is -2.37. The number of amides is 1. The summed E-state index contributed by atoms with van der Waals surface area (Å²) in [5.74, 6) is -3.38. The van der Waals surface area contributed by atoms with E-state index < -0.39 is 68.6 Å². The van der Waals surface area contributed by atoms with E-state index in [0.717, 1.165) is 11.1 Å². The van der Waals surface area contributed by atoms with Crippen molar-refractivity contribution in [3.63, 3.8) is 0 Å². The van der Waals surface area contributed by atoms with Gasteiger partial charge in [-0.3, -0.25) is 28.8 Å². The summed E-state index contributed by atoms with van der Waals surface area (Å²) in [5.41, 5.74) is -2.74. The molecule has 0 bridgehead atoms. The molecule has 0 aliphatic carbocycles. The monoisotopic (exact) mass is 896 g/mol. The molecule has 60 heavy (non-hydrogen) atoms. The van der Waals surface area contributed by atoms with Gasteiger partial charge in [-0.15, -0.1) is 0 Å². The van der Waals surface area contributed by atoms with E-state index in [1.165, 1.54) is 4.90 Å². The van der Waals surface area contributed by atoms with Gasteiger partial charge in [0.15, 0.2) is 35.6 Å². The molecular weight excluding hydrogens is 843 g/mol. The maximum atomic E-state index is 13.1. The van der Waals surface area contributed by atoms with Crippen LogP contribution >= 0.6 is 34.8 Å². The summed E-state index contributed by atoms with van der Waals surface area (Å²) < 4.78 is 24.6. The highest BCUT2D eigenvalue weighted by molar-refractivity contribution is 6.67. The average Bonchev–Trinajstić information content (AvgIpc) is 3.21. The molecule has 0 radical (unpaired) electrons. The maximum absolute atomic E-state index is 13.1. The average molecular weight is 898 g/mol. The number of benzene rings is 2. The minimum atomic E-state index is -1.76. The van der Waals surface area contributed by atoms with E-state index in [4.69, 9.17) is 58.5 Å². The quantitative estimate of drug-likeness (QED) is 0.0968. The number of alkyl halides is 3. The van der Waals surface area contributed by atoms with Crippen molar-refractivity contribution < 1.29 is 57.2 Å². The number of halogens is 3. The third kappa shape index (κ3) is 15.0. The number of hydrogen-bond donors (Lipinski definition) is 1. The molecule has 2 heterocycles. The number of nitrogens with one attached hydrogen (secondary N) is 1. The lowest BCUT2D eigenvalue weighted by atomic mass is 9.78. The highest BCUT2D eigenvalue weighted by Gasteiger charge is 2.52. The van der Waals surface area contributed by atoms with Crippen molar-refractivity contribution in [1.82, 2.24) is 10.2 Å². The van der Waals surface area contributed by atoms with Gasteiger partial charge in [-0.25, -0.2) is 4.79 Å². The van der Waals surface area contributed by atoms with Crippen molar-refractivity contribution >= 4 is 76.3 Å². The van der Waals surface area contributed by atoms with E-state index in [9.17, 15) is 33.6 Å². The molecule has 0 spiro atoms. The molecule has 2 fully saturated rings. The normalized spacial score (nSPS) is 16.2. The fraction of sp³-hybridized carbons (Fsp3) is 0.558. The Labute approximate surface area is 366 Å². The Morgan fingerprint density at radius 3 is 1.30 bits per heavy atom. The minimum Gasteiger partial charge on any atom is -0.460 e. The smallest absolute Gasteiger partial charge is 0.409 e. The van der Waals surface area contributed by atoms with Crippen LogP contribution in [0, 0.1) is 21.7 Å². The Bertz CT molecular complexity index is 1790. The van der Waals surface area contributed by atoms with Crippen molar-refractivity contribution in [2.24, 2.45) is 21.7 Å². The molecule has 1 amide bonds. The molecule has 17 heteroatoms. The first kappa shape index (κ1) is 50.1. The highest BCUT2D eigenvalue weighted by atomic mass is 35.6. The van der Waals surface area contributed by atoms with Crippen LogP contribution in [-0.4, -0.2) is 96.2 Å². The van der Waals surface area contributed by atoms with Gasteiger partial charge in [0.25, 0.3) is 0 Å². The number of carbonyl (C=O) groups excluding carboxylic acids is 7. The van der Waals surface area contributed by atoms with E-state index in [1.807, 2.05) is 36.4 Å². The fourth-order valence-corrected chi connectivity index (χ4v) is 6.00. The zero-order valence-corrected chi connectivity index (χ0v) is 37.2. The van der Waals surface area contributed by atoms with Crippen molar-refractivity contribution in [2.45, 2.75) is 84.2 Å². The molecule has 330 valence electrons. The minimum absolute atomic E-state index is 0.00143. The third-order valence-corrected chi connectivity index (χ3v) is 10.3. The topological polar surface area (TPSA) is 181 Å². The van der Waals surface area contributed by atoms with Crippen LogP contribution in [0.15, 0.2) is 60.7 Å². The van der Waals surface area contributed by atoms with E-state index in [2.05, 4.69) is 5.32 Å². The van der Waals surface area contributed by atoms with E-state index in [-0.39, 0.29) is 57.3 Å². The summed E-state index contributed by atoms with van der Waals surface area (Å²) in [6, 6.07) is 18.3. The molecule has 0 aromatic heterocycles. The van der Waals surface area contributed by atoms with Crippen LogP contribution in [0.3, 0.4) is 0 Å². The Balaban J connectivity index is 0.000000332. The zero-order valence-electron chi connectivity index (χ0n) is 34.9. The SMILES string of the molecule is CC(C)(C)C(=O)COC(=O)C1(C(=O)OCc2ccccc2)CCN(C(=O)OCC(Cl)(Cl)Cl)CC1.CC(C)(C)C(=O)COC(=O)C1(C(=O)OCc2ccccc2)CCNCC1. The number of ether oxygens (including phenoxy) is 5.